The maximum atomic E-state index is 11.4. The highest BCUT2D eigenvalue weighted by Gasteiger charge is 2.07. The van der Waals surface area contributed by atoms with Gasteiger partial charge in [-0.3, -0.25) is 4.79 Å². The zero-order valence-corrected chi connectivity index (χ0v) is 12.3. The van der Waals surface area contributed by atoms with Crippen LogP contribution in [0.4, 0.5) is 17.1 Å². The minimum absolute atomic E-state index is 0.0508. The number of hydrogen-bond acceptors (Lipinski definition) is 5. The summed E-state index contributed by atoms with van der Waals surface area (Å²) in [7, 11) is 3.17. The van der Waals surface area contributed by atoms with E-state index in [9.17, 15) is 4.79 Å². The highest BCUT2D eigenvalue weighted by Crippen LogP contribution is 2.31. The summed E-state index contributed by atoms with van der Waals surface area (Å²) in [6.45, 7) is 1.49. The average Bonchev–Trinajstić information content (AvgIpc) is 2.46. The Morgan fingerprint density at radius 3 is 2.19 bits per heavy atom. The van der Waals surface area contributed by atoms with Crippen LogP contribution in [0.1, 0.15) is 17.3 Å². The first kappa shape index (κ1) is 14.7. The Kier molecular flexibility index (Phi) is 4.33. The van der Waals surface area contributed by atoms with Crippen LogP contribution in [0.2, 0.25) is 0 Å². The van der Waals surface area contributed by atoms with Crippen molar-refractivity contribution in [2.24, 2.45) is 0 Å². The average molecular weight is 286 g/mol. The summed E-state index contributed by atoms with van der Waals surface area (Å²) in [6, 6.07) is 10.8. The maximum absolute atomic E-state index is 11.4. The Bertz CT molecular complexity index is 669. The minimum Gasteiger partial charge on any atom is -0.493 e. The topological polar surface area (TPSA) is 73.6 Å². The van der Waals surface area contributed by atoms with Gasteiger partial charge in [-0.05, 0) is 37.3 Å². The summed E-state index contributed by atoms with van der Waals surface area (Å²) >= 11 is 0. The SMILES string of the molecule is COc1ccc(Nc2ccc(C(C)=O)c(N)c2)cc1OC. The Hall–Kier alpha value is -2.69. The quantitative estimate of drug-likeness (QED) is 0.652. The highest BCUT2D eigenvalue weighted by atomic mass is 16.5. The first-order valence-electron chi connectivity index (χ1n) is 6.44. The smallest absolute Gasteiger partial charge is 0.162 e. The minimum atomic E-state index is -0.0508. The number of nitrogens with two attached hydrogens (primary N) is 1. The van der Waals surface area contributed by atoms with Crippen molar-refractivity contribution in [3.05, 3.63) is 42.0 Å². The maximum Gasteiger partial charge on any atom is 0.162 e. The van der Waals surface area contributed by atoms with E-state index in [0.29, 0.717) is 22.7 Å². The molecule has 0 spiro atoms. The summed E-state index contributed by atoms with van der Waals surface area (Å²) in [4.78, 5) is 11.4. The molecule has 0 atom stereocenters. The van der Waals surface area contributed by atoms with Gasteiger partial charge in [-0.25, -0.2) is 0 Å². The molecule has 5 nitrogen and oxygen atoms in total. The summed E-state index contributed by atoms with van der Waals surface area (Å²) in [5, 5.41) is 3.21. The van der Waals surface area contributed by atoms with E-state index in [1.807, 2.05) is 24.3 Å². The number of methoxy groups -OCH3 is 2. The second kappa shape index (κ2) is 6.17. The molecule has 5 heteroatoms. The summed E-state index contributed by atoms with van der Waals surface area (Å²) in [5.41, 5.74) is 8.48. The number of anilines is 3. The fourth-order valence-corrected chi connectivity index (χ4v) is 2.04. The van der Waals surface area contributed by atoms with Gasteiger partial charge in [-0.2, -0.15) is 0 Å². The van der Waals surface area contributed by atoms with E-state index >= 15 is 0 Å². The number of nitrogen functional groups attached to an aromatic ring is 1. The fourth-order valence-electron chi connectivity index (χ4n) is 2.04. The molecule has 0 aromatic heterocycles. The number of benzene rings is 2. The summed E-state index contributed by atoms with van der Waals surface area (Å²) in [6.07, 6.45) is 0. The van der Waals surface area contributed by atoms with Crippen molar-refractivity contribution < 1.29 is 14.3 Å². The summed E-state index contributed by atoms with van der Waals surface area (Å²) in [5.74, 6) is 1.25. The van der Waals surface area contributed by atoms with Crippen LogP contribution < -0.4 is 20.5 Å². The number of ether oxygens (including phenoxy) is 2. The lowest BCUT2D eigenvalue weighted by Gasteiger charge is -2.12. The number of ketones is 1. The Morgan fingerprint density at radius 1 is 1.00 bits per heavy atom. The van der Waals surface area contributed by atoms with Crippen molar-refractivity contribution in [3.63, 3.8) is 0 Å². The molecule has 21 heavy (non-hydrogen) atoms. The van der Waals surface area contributed by atoms with Gasteiger partial charge in [-0.15, -0.1) is 0 Å². The molecule has 0 fully saturated rings. The molecular weight excluding hydrogens is 268 g/mol. The molecule has 0 bridgehead atoms. The third-order valence-electron chi connectivity index (χ3n) is 3.10. The van der Waals surface area contributed by atoms with E-state index in [-0.39, 0.29) is 5.78 Å². The van der Waals surface area contributed by atoms with Crippen LogP contribution in [-0.2, 0) is 0 Å². The molecule has 3 N–H and O–H groups in total. The molecular formula is C16H18N2O3. The second-order valence-corrected chi connectivity index (χ2v) is 4.55. The second-order valence-electron chi connectivity index (χ2n) is 4.55. The van der Waals surface area contributed by atoms with E-state index in [2.05, 4.69) is 5.32 Å². The van der Waals surface area contributed by atoms with Crippen molar-refractivity contribution in [1.82, 2.24) is 0 Å². The lowest BCUT2D eigenvalue weighted by atomic mass is 10.1. The van der Waals surface area contributed by atoms with Gasteiger partial charge in [0.25, 0.3) is 0 Å². The fraction of sp³-hybridized carbons (Fsp3) is 0.188. The molecule has 0 aliphatic rings. The van der Waals surface area contributed by atoms with Crippen molar-refractivity contribution in [3.8, 4) is 11.5 Å². The molecule has 110 valence electrons. The summed E-state index contributed by atoms with van der Waals surface area (Å²) < 4.78 is 10.4. The first-order chi connectivity index (χ1) is 10.0. The molecule has 0 aliphatic carbocycles. The third kappa shape index (κ3) is 3.25. The van der Waals surface area contributed by atoms with Gasteiger partial charge >= 0.3 is 0 Å². The number of carbonyl (C=O) groups is 1. The molecule has 0 amide bonds. The molecule has 0 saturated carbocycles. The molecule has 0 unspecified atom stereocenters. The van der Waals surface area contributed by atoms with Crippen molar-refractivity contribution >= 4 is 22.8 Å². The third-order valence-corrected chi connectivity index (χ3v) is 3.10. The molecule has 0 heterocycles. The zero-order valence-electron chi connectivity index (χ0n) is 12.3. The Morgan fingerprint density at radius 2 is 1.62 bits per heavy atom. The first-order valence-corrected chi connectivity index (χ1v) is 6.44. The van der Waals surface area contributed by atoms with E-state index in [4.69, 9.17) is 15.2 Å². The van der Waals surface area contributed by atoms with Gasteiger partial charge in [0.2, 0.25) is 0 Å². The number of Topliss-reactive ketones (excluding diaryl/α,β-unsaturated/α-hetero) is 1. The van der Waals surface area contributed by atoms with Crippen LogP contribution in [-0.4, -0.2) is 20.0 Å². The molecule has 2 rings (SSSR count). The van der Waals surface area contributed by atoms with Crippen molar-refractivity contribution in [1.29, 1.82) is 0 Å². The Balaban J connectivity index is 2.26. The number of carbonyl (C=O) groups excluding carboxylic acids is 1. The van der Waals surface area contributed by atoms with E-state index in [1.54, 1.807) is 26.4 Å². The number of hydrogen-bond donors (Lipinski definition) is 2. The molecule has 2 aromatic carbocycles. The highest BCUT2D eigenvalue weighted by molar-refractivity contribution is 5.99. The van der Waals surface area contributed by atoms with Crippen LogP contribution in [0.5, 0.6) is 11.5 Å². The number of nitrogens with one attached hydrogen (secondary N) is 1. The largest absolute Gasteiger partial charge is 0.493 e. The molecule has 0 saturated heterocycles. The van der Waals surface area contributed by atoms with Crippen LogP contribution in [0.15, 0.2) is 36.4 Å². The van der Waals surface area contributed by atoms with Gasteiger partial charge in [0.05, 0.1) is 14.2 Å². The van der Waals surface area contributed by atoms with Gasteiger partial charge in [-0.1, -0.05) is 0 Å². The predicted molar refractivity (Wildman–Crippen MR) is 83.7 cm³/mol. The van der Waals surface area contributed by atoms with Gasteiger partial charge in [0.15, 0.2) is 17.3 Å². The normalized spacial score (nSPS) is 10.0. The lowest BCUT2D eigenvalue weighted by Crippen LogP contribution is -2.01. The molecule has 2 aromatic rings. The van der Waals surface area contributed by atoms with Crippen LogP contribution in [0, 0.1) is 0 Å². The molecule has 0 aliphatic heterocycles. The van der Waals surface area contributed by atoms with Crippen molar-refractivity contribution in [2.45, 2.75) is 6.92 Å². The van der Waals surface area contributed by atoms with E-state index in [0.717, 1.165) is 11.4 Å². The van der Waals surface area contributed by atoms with E-state index in [1.165, 1.54) is 6.92 Å². The van der Waals surface area contributed by atoms with Crippen LogP contribution in [0.25, 0.3) is 0 Å². The van der Waals surface area contributed by atoms with Gasteiger partial charge in [0, 0.05) is 28.7 Å². The zero-order chi connectivity index (χ0) is 15.4. The number of rotatable bonds is 5. The predicted octanol–water partition coefficient (Wildman–Crippen LogP) is 3.23. The van der Waals surface area contributed by atoms with Crippen LogP contribution in [0.3, 0.4) is 0 Å². The lowest BCUT2D eigenvalue weighted by molar-refractivity contribution is 0.101. The van der Waals surface area contributed by atoms with Crippen molar-refractivity contribution in [2.75, 3.05) is 25.3 Å². The standard InChI is InChI=1S/C16H18N2O3/c1-10(19)13-6-4-11(8-14(13)17)18-12-5-7-15(20-2)16(9-12)21-3/h4-9,18H,17H2,1-3H3. The van der Waals surface area contributed by atoms with Gasteiger partial charge < -0.3 is 20.5 Å². The Labute approximate surface area is 123 Å². The van der Waals surface area contributed by atoms with E-state index < -0.39 is 0 Å². The molecule has 0 radical (unpaired) electrons. The van der Waals surface area contributed by atoms with Gasteiger partial charge in [0.1, 0.15) is 0 Å². The monoisotopic (exact) mass is 286 g/mol. The van der Waals surface area contributed by atoms with Crippen LogP contribution >= 0.6 is 0 Å².